The van der Waals surface area contributed by atoms with E-state index in [2.05, 4.69) is 36.5 Å². The van der Waals surface area contributed by atoms with Gasteiger partial charge in [-0.1, -0.05) is 30.3 Å². The summed E-state index contributed by atoms with van der Waals surface area (Å²) in [5, 5.41) is 3.37. The van der Waals surface area contributed by atoms with Crippen LogP contribution < -0.4 is 5.32 Å². The third-order valence-electron chi connectivity index (χ3n) is 2.95. The molecule has 0 fully saturated rings. The summed E-state index contributed by atoms with van der Waals surface area (Å²) in [5.41, 5.74) is 0.962. The molecule has 0 aliphatic heterocycles. The molecule has 20 heavy (non-hydrogen) atoms. The minimum absolute atomic E-state index is 0.139. The highest BCUT2D eigenvalue weighted by atomic mass is 16.6. The van der Waals surface area contributed by atoms with Gasteiger partial charge in [0.1, 0.15) is 5.60 Å². The van der Waals surface area contributed by atoms with E-state index in [4.69, 9.17) is 4.74 Å². The molecule has 3 heteroatoms. The Morgan fingerprint density at radius 1 is 1.25 bits per heavy atom. The number of esters is 1. The van der Waals surface area contributed by atoms with Gasteiger partial charge in [0, 0.05) is 12.6 Å². The zero-order valence-electron chi connectivity index (χ0n) is 13.1. The molecule has 1 aromatic rings. The molecule has 1 aromatic carbocycles. The summed E-state index contributed by atoms with van der Waals surface area (Å²) >= 11 is 0. The second-order valence-corrected chi connectivity index (χ2v) is 6.22. The lowest BCUT2D eigenvalue weighted by molar-refractivity contribution is -0.154. The number of ether oxygens (including phenoxy) is 1. The fraction of sp³-hybridized carbons (Fsp3) is 0.588. The van der Waals surface area contributed by atoms with Crippen molar-refractivity contribution in [3.8, 4) is 0 Å². The van der Waals surface area contributed by atoms with Crippen molar-refractivity contribution in [2.45, 2.75) is 58.6 Å². The fourth-order valence-corrected chi connectivity index (χ4v) is 1.94. The number of aryl methyl sites for hydroxylation is 1. The van der Waals surface area contributed by atoms with Crippen molar-refractivity contribution in [1.29, 1.82) is 0 Å². The molecular weight excluding hydrogens is 250 g/mol. The van der Waals surface area contributed by atoms with Crippen molar-refractivity contribution in [1.82, 2.24) is 5.32 Å². The highest BCUT2D eigenvalue weighted by Gasteiger charge is 2.15. The van der Waals surface area contributed by atoms with Crippen LogP contribution in [0.15, 0.2) is 30.3 Å². The van der Waals surface area contributed by atoms with Gasteiger partial charge in [0.05, 0.1) is 6.42 Å². The average molecular weight is 277 g/mol. The van der Waals surface area contributed by atoms with Gasteiger partial charge < -0.3 is 10.1 Å². The first-order valence-corrected chi connectivity index (χ1v) is 7.36. The fourth-order valence-electron chi connectivity index (χ4n) is 1.94. The highest BCUT2D eigenvalue weighted by Crippen LogP contribution is 2.08. The Balaban J connectivity index is 2.14. The van der Waals surface area contributed by atoms with E-state index in [-0.39, 0.29) is 5.97 Å². The minimum atomic E-state index is -0.393. The first-order valence-electron chi connectivity index (χ1n) is 7.36. The predicted molar refractivity (Wildman–Crippen MR) is 82.7 cm³/mol. The van der Waals surface area contributed by atoms with E-state index in [1.807, 2.05) is 26.8 Å². The van der Waals surface area contributed by atoms with Gasteiger partial charge in [0.2, 0.25) is 0 Å². The van der Waals surface area contributed by atoms with Gasteiger partial charge in [-0.05, 0) is 46.1 Å². The molecule has 0 aromatic heterocycles. The van der Waals surface area contributed by atoms with E-state index in [0.29, 0.717) is 19.0 Å². The summed E-state index contributed by atoms with van der Waals surface area (Å²) in [4.78, 5) is 11.6. The first-order chi connectivity index (χ1) is 9.37. The van der Waals surface area contributed by atoms with Crippen LogP contribution in [0.1, 0.15) is 46.1 Å². The van der Waals surface area contributed by atoms with Crippen LogP contribution in [-0.4, -0.2) is 24.2 Å². The molecule has 0 saturated heterocycles. The molecule has 0 aliphatic rings. The van der Waals surface area contributed by atoms with Crippen molar-refractivity contribution < 1.29 is 9.53 Å². The Labute approximate surface area is 122 Å². The van der Waals surface area contributed by atoms with Gasteiger partial charge in [0.25, 0.3) is 0 Å². The smallest absolute Gasteiger partial charge is 0.307 e. The van der Waals surface area contributed by atoms with E-state index in [1.165, 1.54) is 5.56 Å². The summed E-state index contributed by atoms with van der Waals surface area (Å²) in [7, 11) is 0. The molecule has 0 unspecified atom stereocenters. The van der Waals surface area contributed by atoms with Crippen LogP contribution in [0.2, 0.25) is 0 Å². The van der Waals surface area contributed by atoms with Crippen LogP contribution in [-0.2, 0) is 16.0 Å². The molecule has 0 bridgehead atoms. The highest BCUT2D eigenvalue weighted by molar-refractivity contribution is 5.70. The third kappa shape index (κ3) is 7.95. The Kier molecular flexibility index (Phi) is 6.73. The van der Waals surface area contributed by atoms with Crippen molar-refractivity contribution in [2.75, 3.05) is 6.54 Å². The first kappa shape index (κ1) is 16.7. The van der Waals surface area contributed by atoms with Crippen LogP contribution in [0, 0.1) is 0 Å². The van der Waals surface area contributed by atoms with Crippen molar-refractivity contribution in [2.24, 2.45) is 0 Å². The molecule has 0 spiro atoms. The lowest BCUT2D eigenvalue weighted by atomic mass is 10.1. The van der Waals surface area contributed by atoms with Gasteiger partial charge in [-0.2, -0.15) is 0 Å². The standard InChI is InChI=1S/C17H27NO2/c1-14(10-11-15-8-6-5-7-9-15)18-13-12-16(19)20-17(2,3)4/h5-9,14,18H,10-13H2,1-4H3/t14-/m1/s1. The van der Waals surface area contributed by atoms with Gasteiger partial charge >= 0.3 is 5.97 Å². The van der Waals surface area contributed by atoms with Gasteiger partial charge in [-0.3, -0.25) is 4.79 Å². The summed E-state index contributed by atoms with van der Waals surface area (Å²) in [6.07, 6.45) is 2.55. The Bertz CT molecular complexity index is 395. The van der Waals surface area contributed by atoms with E-state index in [9.17, 15) is 4.79 Å². The van der Waals surface area contributed by atoms with E-state index < -0.39 is 5.60 Å². The Hall–Kier alpha value is -1.35. The largest absolute Gasteiger partial charge is 0.460 e. The lowest BCUT2D eigenvalue weighted by Crippen LogP contribution is -2.31. The van der Waals surface area contributed by atoms with Crippen LogP contribution >= 0.6 is 0 Å². The number of benzene rings is 1. The maximum Gasteiger partial charge on any atom is 0.307 e. The van der Waals surface area contributed by atoms with Crippen molar-refractivity contribution in [3.05, 3.63) is 35.9 Å². The zero-order valence-corrected chi connectivity index (χ0v) is 13.1. The Morgan fingerprint density at radius 3 is 2.50 bits per heavy atom. The summed E-state index contributed by atoms with van der Waals surface area (Å²) in [6.45, 7) is 8.49. The number of hydrogen-bond donors (Lipinski definition) is 1. The van der Waals surface area contributed by atoms with Crippen LogP contribution in [0.3, 0.4) is 0 Å². The van der Waals surface area contributed by atoms with Gasteiger partial charge in [0.15, 0.2) is 0 Å². The Morgan fingerprint density at radius 2 is 1.90 bits per heavy atom. The summed E-state index contributed by atoms with van der Waals surface area (Å²) in [6, 6.07) is 10.9. The molecule has 0 amide bonds. The van der Waals surface area contributed by atoms with E-state index >= 15 is 0 Å². The summed E-state index contributed by atoms with van der Waals surface area (Å²) in [5.74, 6) is -0.139. The molecule has 1 atom stereocenters. The number of carbonyl (C=O) groups is 1. The maximum absolute atomic E-state index is 11.6. The van der Waals surface area contributed by atoms with Crippen LogP contribution in [0.25, 0.3) is 0 Å². The topological polar surface area (TPSA) is 38.3 Å². The second-order valence-electron chi connectivity index (χ2n) is 6.22. The quantitative estimate of drug-likeness (QED) is 0.777. The van der Waals surface area contributed by atoms with Crippen molar-refractivity contribution >= 4 is 5.97 Å². The number of carbonyl (C=O) groups excluding carboxylic acids is 1. The monoisotopic (exact) mass is 277 g/mol. The number of nitrogens with one attached hydrogen (secondary N) is 1. The van der Waals surface area contributed by atoms with E-state index in [0.717, 1.165) is 12.8 Å². The molecular formula is C17H27NO2. The summed E-state index contributed by atoms with van der Waals surface area (Å²) < 4.78 is 5.27. The normalized spacial score (nSPS) is 13.0. The molecule has 0 aliphatic carbocycles. The van der Waals surface area contributed by atoms with Crippen molar-refractivity contribution in [3.63, 3.8) is 0 Å². The second kappa shape index (κ2) is 8.05. The molecule has 3 nitrogen and oxygen atoms in total. The maximum atomic E-state index is 11.6. The van der Waals surface area contributed by atoms with Gasteiger partial charge in [-0.15, -0.1) is 0 Å². The third-order valence-corrected chi connectivity index (χ3v) is 2.95. The van der Waals surface area contributed by atoms with Crippen LogP contribution in [0.5, 0.6) is 0 Å². The minimum Gasteiger partial charge on any atom is -0.460 e. The molecule has 1 rings (SSSR count). The van der Waals surface area contributed by atoms with E-state index in [1.54, 1.807) is 0 Å². The molecule has 0 saturated carbocycles. The zero-order chi connectivity index (χ0) is 15.0. The lowest BCUT2D eigenvalue weighted by Gasteiger charge is -2.20. The molecule has 0 radical (unpaired) electrons. The molecule has 112 valence electrons. The average Bonchev–Trinajstić information content (AvgIpc) is 2.35. The number of rotatable bonds is 7. The SMILES string of the molecule is C[C@H](CCc1ccccc1)NCCC(=O)OC(C)(C)C. The molecule has 0 heterocycles. The molecule has 1 N–H and O–H groups in total. The van der Waals surface area contributed by atoms with Crippen LogP contribution in [0.4, 0.5) is 0 Å². The predicted octanol–water partition coefficient (Wildman–Crippen LogP) is 3.33. The van der Waals surface area contributed by atoms with Gasteiger partial charge in [-0.25, -0.2) is 0 Å². The number of hydrogen-bond acceptors (Lipinski definition) is 3.